The first kappa shape index (κ1) is 16.0. The van der Waals surface area contributed by atoms with E-state index in [9.17, 15) is 9.90 Å². The number of aryl methyl sites for hydroxylation is 1. The second-order valence-corrected chi connectivity index (χ2v) is 5.87. The molecule has 2 rings (SSSR count). The molecule has 0 spiro atoms. The van der Waals surface area contributed by atoms with Crippen molar-refractivity contribution in [2.75, 3.05) is 32.8 Å². The predicted octanol–water partition coefficient (Wildman–Crippen LogP) is 1.44. The first-order chi connectivity index (χ1) is 10.3. The molecule has 0 aromatic heterocycles. The van der Waals surface area contributed by atoms with Gasteiger partial charge in [-0.05, 0) is 43.7 Å². The first-order valence-corrected chi connectivity index (χ1v) is 7.92. The molecule has 1 aliphatic rings. The molecule has 1 atom stereocenters. The number of aliphatic hydroxyl groups is 1. The molecule has 0 aliphatic carbocycles. The summed E-state index contributed by atoms with van der Waals surface area (Å²) in [4.78, 5) is 14.1. The zero-order valence-corrected chi connectivity index (χ0v) is 12.6. The van der Waals surface area contributed by atoms with Crippen LogP contribution in [-0.4, -0.2) is 48.7 Å². The van der Waals surface area contributed by atoms with Crippen LogP contribution in [-0.2, 0) is 11.2 Å². The van der Waals surface area contributed by atoms with Gasteiger partial charge in [0.05, 0.1) is 6.54 Å². The van der Waals surface area contributed by atoms with Crippen LogP contribution in [0.15, 0.2) is 30.3 Å². The van der Waals surface area contributed by atoms with Gasteiger partial charge in [0, 0.05) is 19.7 Å². The van der Waals surface area contributed by atoms with E-state index in [2.05, 4.69) is 22.3 Å². The minimum absolute atomic E-state index is 0.0988. The average Bonchev–Trinajstić information content (AvgIpc) is 2.53. The van der Waals surface area contributed by atoms with Crippen molar-refractivity contribution < 1.29 is 9.90 Å². The number of piperidine rings is 1. The zero-order valence-electron chi connectivity index (χ0n) is 12.6. The molecule has 1 aromatic carbocycles. The van der Waals surface area contributed by atoms with E-state index in [1.165, 1.54) is 5.56 Å². The number of hydrogen-bond donors (Lipinski definition) is 2. The summed E-state index contributed by atoms with van der Waals surface area (Å²) in [6.07, 6.45) is 4.12. The number of carbonyl (C=O) groups excluding carboxylic acids is 1. The summed E-state index contributed by atoms with van der Waals surface area (Å²) < 4.78 is 0. The van der Waals surface area contributed by atoms with Crippen molar-refractivity contribution in [2.45, 2.75) is 25.7 Å². The number of aliphatic hydroxyl groups excluding tert-OH is 1. The van der Waals surface area contributed by atoms with E-state index in [0.29, 0.717) is 12.5 Å². The Balaban J connectivity index is 1.59. The molecular formula is C17H26N2O2. The lowest BCUT2D eigenvalue weighted by Gasteiger charge is -2.31. The Hall–Kier alpha value is -1.39. The lowest BCUT2D eigenvalue weighted by molar-refractivity contribution is -0.122. The van der Waals surface area contributed by atoms with Gasteiger partial charge in [0.25, 0.3) is 0 Å². The minimum atomic E-state index is 0.0988. The lowest BCUT2D eigenvalue weighted by Crippen LogP contribution is -2.43. The molecule has 4 heteroatoms. The smallest absolute Gasteiger partial charge is 0.234 e. The predicted molar refractivity (Wildman–Crippen MR) is 84.0 cm³/mol. The first-order valence-electron chi connectivity index (χ1n) is 7.92. The number of nitrogens with one attached hydrogen (secondary N) is 1. The standard InChI is InChI=1S/C17H26N2O2/c20-14-16-9-5-11-19(12-16)13-17(21)18-10-4-8-15-6-2-1-3-7-15/h1-3,6-7,16,20H,4-5,8-14H2,(H,18,21). The summed E-state index contributed by atoms with van der Waals surface area (Å²) in [6.45, 7) is 3.23. The quantitative estimate of drug-likeness (QED) is 0.747. The van der Waals surface area contributed by atoms with E-state index in [4.69, 9.17) is 0 Å². The van der Waals surface area contributed by atoms with E-state index in [1.54, 1.807) is 0 Å². The fraction of sp³-hybridized carbons (Fsp3) is 0.588. The van der Waals surface area contributed by atoms with Crippen molar-refractivity contribution in [2.24, 2.45) is 5.92 Å². The summed E-state index contributed by atoms with van der Waals surface area (Å²) >= 11 is 0. The number of amides is 1. The molecule has 1 unspecified atom stereocenters. The van der Waals surface area contributed by atoms with Crippen molar-refractivity contribution in [3.63, 3.8) is 0 Å². The molecule has 1 aliphatic heterocycles. The highest BCUT2D eigenvalue weighted by Gasteiger charge is 2.20. The van der Waals surface area contributed by atoms with Gasteiger partial charge in [0.2, 0.25) is 5.91 Å². The van der Waals surface area contributed by atoms with Crippen LogP contribution in [0.3, 0.4) is 0 Å². The van der Waals surface area contributed by atoms with Crippen LogP contribution in [0, 0.1) is 5.92 Å². The van der Waals surface area contributed by atoms with Gasteiger partial charge in [-0.15, -0.1) is 0 Å². The molecule has 21 heavy (non-hydrogen) atoms. The highest BCUT2D eigenvalue weighted by molar-refractivity contribution is 5.77. The van der Waals surface area contributed by atoms with Crippen LogP contribution in [0.25, 0.3) is 0 Å². The Labute approximate surface area is 127 Å². The van der Waals surface area contributed by atoms with Crippen molar-refractivity contribution >= 4 is 5.91 Å². The third-order valence-corrected chi connectivity index (χ3v) is 4.04. The highest BCUT2D eigenvalue weighted by atomic mass is 16.3. The Morgan fingerprint density at radius 3 is 2.90 bits per heavy atom. The normalized spacial score (nSPS) is 19.4. The monoisotopic (exact) mass is 290 g/mol. The third kappa shape index (κ3) is 5.86. The maximum atomic E-state index is 11.9. The third-order valence-electron chi connectivity index (χ3n) is 4.04. The van der Waals surface area contributed by atoms with Crippen LogP contribution < -0.4 is 5.32 Å². The maximum Gasteiger partial charge on any atom is 0.234 e. The molecule has 0 bridgehead atoms. The van der Waals surface area contributed by atoms with Crippen molar-refractivity contribution in [3.8, 4) is 0 Å². The largest absolute Gasteiger partial charge is 0.396 e. The number of nitrogens with zero attached hydrogens (tertiary/aromatic N) is 1. The zero-order chi connectivity index (χ0) is 14.9. The molecular weight excluding hydrogens is 264 g/mol. The van der Waals surface area contributed by atoms with Gasteiger partial charge in [-0.1, -0.05) is 30.3 Å². The SMILES string of the molecule is O=C(CN1CCCC(CO)C1)NCCCc1ccccc1. The van der Waals surface area contributed by atoms with Crippen LogP contribution in [0.4, 0.5) is 0 Å². The van der Waals surface area contributed by atoms with E-state index in [0.717, 1.165) is 45.3 Å². The van der Waals surface area contributed by atoms with Gasteiger partial charge >= 0.3 is 0 Å². The van der Waals surface area contributed by atoms with Gasteiger partial charge in [-0.2, -0.15) is 0 Å². The Morgan fingerprint density at radius 1 is 1.33 bits per heavy atom. The topological polar surface area (TPSA) is 52.6 Å². The van der Waals surface area contributed by atoms with E-state index >= 15 is 0 Å². The van der Waals surface area contributed by atoms with Crippen molar-refractivity contribution in [3.05, 3.63) is 35.9 Å². The Morgan fingerprint density at radius 2 is 2.14 bits per heavy atom. The number of likely N-dealkylation sites (tertiary alicyclic amines) is 1. The maximum absolute atomic E-state index is 11.9. The summed E-state index contributed by atoms with van der Waals surface area (Å²) in [5, 5.41) is 12.2. The van der Waals surface area contributed by atoms with E-state index in [1.807, 2.05) is 18.2 Å². The van der Waals surface area contributed by atoms with Gasteiger partial charge in [0.15, 0.2) is 0 Å². The van der Waals surface area contributed by atoms with Crippen LogP contribution >= 0.6 is 0 Å². The summed E-state index contributed by atoms with van der Waals surface area (Å²) in [6, 6.07) is 10.3. The highest BCUT2D eigenvalue weighted by Crippen LogP contribution is 2.15. The molecule has 4 nitrogen and oxygen atoms in total. The van der Waals surface area contributed by atoms with Crippen molar-refractivity contribution in [1.82, 2.24) is 10.2 Å². The summed E-state index contributed by atoms with van der Waals surface area (Å²) in [5.74, 6) is 0.436. The van der Waals surface area contributed by atoms with Crippen LogP contribution in [0.1, 0.15) is 24.8 Å². The lowest BCUT2D eigenvalue weighted by atomic mass is 9.99. The molecule has 2 N–H and O–H groups in total. The van der Waals surface area contributed by atoms with E-state index in [-0.39, 0.29) is 12.5 Å². The number of hydrogen-bond acceptors (Lipinski definition) is 3. The average molecular weight is 290 g/mol. The molecule has 116 valence electrons. The van der Waals surface area contributed by atoms with Gasteiger partial charge in [0.1, 0.15) is 0 Å². The van der Waals surface area contributed by atoms with Gasteiger partial charge in [-0.3, -0.25) is 9.69 Å². The fourth-order valence-electron chi connectivity index (χ4n) is 2.87. The number of carbonyl (C=O) groups is 1. The Kier molecular flexibility index (Phi) is 6.70. The molecule has 0 saturated carbocycles. The molecule has 1 fully saturated rings. The summed E-state index contributed by atoms with van der Waals surface area (Å²) in [7, 11) is 0. The van der Waals surface area contributed by atoms with Gasteiger partial charge < -0.3 is 10.4 Å². The summed E-state index contributed by atoms with van der Waals surface area (Å²) in [5.41, 5.74) is 1.31. The second-order valence-electron chi connectivity index (χ2n) is 5.87. The molecule has 0 radical (unpaired) electrons. The molecule has 1 amide bonds. The van der Waals surface area contributed by atoms with Crippen LogP contribution in [0.2, 0.25) is 0 Å². The van der Waals surface area contributed by atoms with Gasteiger partial charge in [-0.25, -0.2) is 0 Å². The van der Waals surface area contributed by atoms with Crippen molar-refractivity contribution in [1.29, 1.82) is 0 Å². The molecule has 1 heterocycles. The number of benzene rings is 1. The minimum Gasteiger partial charge on any atom is -0.396 e. The molecule has 1 saturated heterocycles. The van der Waals surface area contributed by atoms with E-state index < -0.39 is 0 Å². The Bertz CT molecular complexity index is 422. The molecule has 1 aromatic rings. The second kappa shape index (κ2) is 8.80. The number of rotatable bonds is 7. The fourth-order valence-corrected chi connectivity index (χ4v) is 2.87. The van der Waals surface area contributed by atoms with Crippen LogP contribution in [0.5, 0.6) is 0 Å².